The summed E-state index contributed by atoms with van der Waals surface area (Å²) in [5, 5.41) is 0. The highest BCUT2D eigenvalue weighted by atomic mass is 28.5. The first-order valence-corrected chi connectivity index (χ1v) is 11.0. The smallest absolute Gasteiger partial charge is 0.358 e. The molecule has 0 aromatic heterocycles. The van der Waals surface area contributed by atoms with Crippen LogP contribution in [-0.4, -0.2) is 30.3 Å². The van der Waals surface area contributed by atoms with Crippen LogP contribution in [0.1, 0.15) is 41.5 Å². The van der Waals surface area contributed by atoms with Crippen molar-refractivity contribution in [3.05, 3.63) is 24.6 Å². The van der Waals surface area contributed by atoms with Crippen molar-refractivity contribution in [3.63, 3.8) is 0 Å². The predicted octanol–water partition coefficient (Wildman–Crippen LogP) is 4.23. The Hall–Kier alpha value is -0.206. The topological polar surface area (TPSA) is 27.7 Å². The van der Waals surface area contributed by atoms with Crippen molar-refractivity contribution in [1.82, 2.24) is 0 Å². The Morgan fingerprint density at radius 1 is 0.842 bits per heavy atom. The maximum Gasteiger partial charge on any atom is 0.358 e. The van der Waals surface area contributed by atoms with Gasteiger partial charge in [0.2, 0.25) is 0 Å². The number of rotatable bonds is 10. The van der Waals surface area contributed by atoms with Gasteiger partial charge < -0.3 is 13.0 Å². The molecule has 0 aliphatic rings. The molecule has 19 heavy (non-hydrogen) atoms. The van der Waals surface area contributed by atoms with Gasteiger partial charge in [-0.25, -0.2) is 0 Å². The highest BCUT2D eigenvalue weighted by Gasteiger charge is 2.49. The molecule has 0 rings (SSSR count). The van der Waals surface area contributed by atoms with Crippen molar-refractivity contribution in [1.29, 1.82) is 0 Å². The van der Waals surface area contributed by atoms with E-state index in [0.717, 1.165) is 0 Å². The first kappa shape index (κ1) is 18.8. The highest BCUT2D eigenvalue weighted by molar-refractivity contribution is 6.87. The fourth-order valence-electron chi connectivity index (χ4n) is 2.00. The van der Waals surface area contributed by atoms with E-state index in [1.54, 1.807) is 0 Å². The van der Waals surface area contributed by atoms with Gasteiger partial charge >= 0.3 is 17.1 Å². The van der Waals surface area contributed by atoms with Crippen LogP contribution in [0.3, 0.4) is 0 Å². The van der Waals surface area contributed by atoms with Crippen LogP contribution in [-0.2, 0) is 13.0 Å². The lowest BCUT2D eigenvalue weighted by Crippen LogP contribution is -2.56. The molecule has 2 atom stereocenters. The Labute approximate surface area is 121 Å². The van der Waals surface area contributed by atoms with Crippen LogP contribution >= 0.6 is 0 Å². The van der Waals surface area contributed by atoms with Crippen molar-refractivity contribution < 1.29 is 13.0 Å². The summed E-state index contributed by atoms with van der Waals surface area (Å²) in [5.41, 5.74) is 4.34. The van der Waals surface area contributed by atoms with Crippen LogP contribution in [0.15, 0.2) is 24.6 Å². The van der Waals surface area contributed by atoms with Gasteiger partial charge in [0.1, 0.15) is 0 Å². The standard InChI is InChI=1S/C14H30O3Si2/c1-9-15-18(11-3,13(5)6)17-19(12-4,14(7)8)16-10-2/h11-14H,3-4,9-10H2,1-2,5-8H3. The molecule has 112 valence electrons. The molecule has 0 heterocycles. The summed E-state index contributed by atoms with van der Waals surface area (Å²) < 4.78 is 18.5. The minimum atomic E-state index is -2.47. The normalized spacial score (nSPS) is 18.1. The molecule has 5 heteroatoms. The van der Waals surface area contributed by atoms with Gasteiger partial charge in [0, 0.05) is 24.3 Å². The Kier molecular flexibility index (Phi) is 8.07. The minimum Gasteiger partial charge on any atom is -0.408 e. The molecule has 0 fully saturated rings. The Morgan fingerprint density at radius 2 is 1.16 bits per heavy atom. The van der Waals surface area contributed by atoms with E-state index in [-0.39, 0.29) is 11.1 Å². The molecule has 0 amide bonds. The van der Waals surface area contributed by atoms with Crippen LogP contribution < -0.4 is 0 Å². The second kappa shape index (κ2) is 8.16. The van der Waals surface area contributed by atoms with Gasteiger partial charge in [-0.1, -0.05) is 39.1 Å². The SMILES string of the molecule is C=C[Si](OCC)(O[Si](C=C)(OCC)C(C)C)C(C)C. The molecule has 0 aromatic rings. The van der Waals surface area contributed by atoms with Gasteiger partial charge in [0.25, 0.3) is 0 Å². The van der Waals surface area contributed by atoms with Crippen molar-refractivity contribution >= 4 is 17.1 Å². The Balaban J connectivity index is 5.46. The largest absolute Gasteiger partial charge is 0.408 e. The van der Waals surface area contributed by atoms with E-state index in [4.69, 9.17) is 13.0 Å². The summed E-state index contributed by atoms with van der Waals surface area (Å²) in [4.78, 5) is 0. The van der Waals surface area contributed by atoms with Gasteiger partial charge in [-0.2, -0.15) is 0 Å². The molecule has 2 unspecified atom stereocenters. The molecule has 0 aliphatic carbocycles. The molecular weight excluding hydrogens is 272 g/mol. The zero-order valence-electron chi connectivity index (χ0n) is 13.4. The quantitative estimate of drug-likeness (QED) is 0.565. The van der Waals surface area contributed by atoms with Gasteiger partial charge in [0.15, 0.2) is 0 Å². The lowest BCUT2D eigenvalue weighted by Gasteiger charge is -2.41. The average molecular weight is 303 g/mol. The maximum absolute atomic E-state index is 6.53. The van der Waals surface area contributed by atoms with Crippen molar-refractivity contribution in [3.8, 4) is 0 Å². The molecule has 3 nitrogen and oxygen atoms in total. The summed E-state index contributed by atoms with van der Waals surface area (Å²) in [5.74, 6) is 0. The Bertz CT molecular complexity index is 266. The van der Waals surface area contributed by atoms with Crippen LogP contribution in [0.25, 0.3) is 0 Å². The second-order valence-electron chi connectivity index (χ2n) is 5.13. The third kappa shape index (κ3) is 4.39. The molecule has 0 aliphatic heterocycles. The summed E-state index contributed by atoms with van der Waals surface area (Å²) in [6.07, 6.45) is 0. The van der Waals surface area contributed by atoms with E-state index in [1.165, 1.54) is 0 Å². The summed E-state index contributed by atoms with van der Waals surface area (Å²) in [6, 6.07) is 0. The summed E-state index contributed by atoms with van der Waals surface area (Å²) >= 11 is 0. The predicted molar refractivity (Wildman–Crippen MR) is 86.4 cm³/mol. The Morgan fingerprint density at radius 3 is 1.32 bits per heavy atom. The van der Waals surface area contributed by atoms with Crippen LogP contribution in [0.2, 0.25) is 11.1 Å². The van der Waals surface area contributed by atoms with E-state index < -0.39 is 17.1 Å². The number of hydrogen-bond donors (Lipinski definition) is 0. The molecule has 0 radical (unpaired) electrons. The zero-order valence-corrected chi connectivity index (χ0v) is 15.4. The maximum atomic E-state index is 6.53. The van der Waals surface area contributed by atoms with Crippen LogP contribution in [0.4, 0.5) is 0 Å². The molecular formula is C14H30O3Si2. The first-order valence-electron chi connectivity index (χ1n) is 7.09. The van der Waals surface area contributed by atoms with E-state index in [0.29, 0.717) is 13.2 Å². The van der Waals surface area contributed by atoms with Crippen molar-refractivity contribution in [2.45, 2.75) is 52.6 Å². The molecule has 0 saturated carbocycles. The van der Waals surface area contributed by atoms with Crippen molar-refractivity contribution in [2.24, 2.45) is 0 Å². The minimum absolute atomic E-state index is 0.288. The van der Waals surface area contributed by atoms with Crippen LogP contribution in [0, 0.1) is 0 Å². The van der Waals surface area contributed by atoms with Crippen LogP contribution in [0.5, 0.6) is 0 Å². The lowest BCUT2D eigenvalue weighted by molar-refractivity contribution is 0.196. The first-order chi connectivity index (χ1) is 8.84. The van der Waals surface area contributed by atoms with E-state index in [2.05, 4.69) is 40.9 Å². The van der Waals surface area contributed by atoms with E-state index in [1.807, 2.05) is 25.2 Å². The molecule has 0 spiro atoms. The third-order valence-corrected chi connectivity index (χ3v) is 11.6. The zero-order chi connectivity index (χ0) is 15.1. The molecule has 0 N–H and O–H groups in total. The highest BCUT2D eigenvalue weighted by Crippen LogP contribution is 2.34. The third-order valence-electron chi connectivity index (χ3n) is 3.24. The lowest BCUT2D eigenvalue weighted by atomic mass is 10.6. The van der Waals surface area contributed by atoms with Gasteiger partial charge in [-0.15, -0.1) is 13.2 Å². The van der Waals surface area contributed by atoms with E-state index in [9.17, 15) is 0 Å². The second-order valence-corrected chi connectivity index (χ2v) is 12.5. The average Bonchev–Trinajstić information content (AvgIpc) is 2.36. The van der Waals surface area contributed by atoms with Gasteiger partial charge in [-0.05, 0) is 13.8 Å². The monoisotopic (exact) mass is 302 g/mol. The van der Waals surface area contributed by atoms with E-state index >= 15 is 0 Å². The summed E-state index contributed by atoms with van der Waals surface area (Å²) in [7, 11) is -4.95. The fraction of sp³-hybridized carbons (Fsp3) is 0.714. The summed E-state index contributed by atoms with van der Waals surface area (Å²) in [6.45, 7) is 21.6. The molecule has 0 aromatic carbocycles. The van der Waals surface area contributed by atoms with Gasteiger partial charge in [-0.3, -0.25) is 0 Å². The molecule has 0 saturated heterocycles. The fourth-order valence-corrected chi connectivity index (χ4v) is 9.77. The number of hydrogen-bond acceptors (Lipinski definition) is 3. The van der Waals surface area contributed by atoms with Gasteiger partial charge in [0.05, 0.1) is 0 Å². The van der Waals surface area contributed by atoms with Crippen molar-refractivity contribution in [2.75, 3.05) is 13.2 Å². The molecule has 0 bridgehead atoms.